The number of aromatic carboxylic acids is 1. The molecule has 0 saturated carbocycles. The Morgan fingerprint density at radius 1 is 1.64 bits per heavy atom. The maximum atomic E-state index is 10.7. The van der Waals surface area contributed by atoms with Crippen LogP contribution in [0.4, 0.5) is 5.69 Å². The maximum Gasteiger partial charge on any atom is 0.337 e. The lowest BCUT2D eigenvalue weighted by molar-refractivity contribution is 0.0697. The minimum absolute atomic E-state index is 0.114. The van der Waals surface area contributed by atoms with E-state index < -0.39 is 5.97 Å². The standard InChI is InChI=1S/C9H12N2O2S/c1-5(2)14-8-7(10)6(9(12)13)3-4-11-8/h3-5H,10H2,1-2H3,(H,12,13). The second-order valence-corrected chi connectivity index (χ2v) is 4.61. The van der Waals surface area contributed by atoms with E-state index in [2.05, 4.69) is 4.98 Å². The summed E-state index contributed by atoms with van der Waals surface area (Å²) in [6.45, 7) is 4.00. The number of carbonyl (C=O) groups is 1. The van der Waals surface area contributed by atoms with Crippen LogP contribution in [0.5, 0.6) is 0 Å². The number of nitrogen functional groups attached to an aromatic ring is 1. The van der Waals surface area contributed by atoms with Crippen molar-refractivity contribution in [3.8, 4) is 0 Å². The first-order chi connectivity index (χ1) is 6.52. The summed E-state index contributed by atoms with van der Waals surface area (Å²) in [5.74, 6) is -1.02. The predicted molar refractivity (Wildman–Crippen MR) is 56.6 cm³/mol. The Bertz CT molecular complexity index is 353. The van der Waals surface area contributed by atoms with Crippen LogP contribution in [0.25, 0.3) is 0 Å². The van der Waals surface area contributed by atoms with Crippen molar-refractivity contribution in [2.45, 2.75) is 24.1 Å². The lowest BCUT2D eigenvalue weighted by Crippen LogP contribution is -2.05. The quantitative estimate of drug-likeness (QED) is 0.748. The molecule has 1 aromatic heterocycles. The Morgan fingerprint density at radius 3 is 2.79 bits per heavy atom. The number of hydrogen-bond acceptors (Lipinski definition) is 4. The van der Waals surface area contributed by atoms with E-state index in [1.54, 1.807) is 0 Å². The van der Waals surface area contributed by atoms with Gasteiger partial charge in [-0.3, -0.25) is 0 Å². The largest absolute Gasteiger partial charge is 0.478 e. The SMILES string of the molecule is CC(C)Sc1nccc(C(=O)O)c1N. The summed E-state index contributed by atoms with van der Waals surface area (Å²) in [6.07, 6.45) is 1.46. The summed E-state index contributed by atoms with van der Waals surface area (Å²) < 4.78 is 0. The predicted octanol–water partition coefficient (Wildman–Crippen LogP) is 1.86. The van der Waals surface area contributed by atoms with Crippen LogP contribution in [0.15, 0.2) is 17.3 Å². The van der Waals surface area contributed by atoms with Gasteiger partial charge in [-0.2, -0.15) is 0 Å². The molecule has 1 aromatic rings. The Balaban J connectivity index is 3.07. The molecule has 1 rings (SSSR count). The molecular formula is C9H12N2O2S. The van der Waals surface area contributed by atoms with Gasteiger partial charge < -0.3 is 10.8 Å². The van der Waals surface area contributed by atoms with Gasteiger partial charge in [-0.05, 0) is 6.07 Å². The van der Waals surface area contributed by atoms with Crippen molar-refractivity contribution in [2.75, 3.05) is 5.73 Å². The molecule has 0 bridgehead atoms. The first kappa shape index (κ1) is 10.8. The van der Waals surface area contributed by atoms with E-state index >= 15 is 0 Å². The van der Waals surface area contributed by atoms with Gasteiger partial charge >= 0.3 is 5.97 Å². The summed E-state index contributed by atoms with van der Waals surface area (Å²) >= 11 is 1.46. The first-order valence-corrected chi connectivity index (χ1v) is 5.04. The minimum atomic E-state index is -1.02. The molecule has 0 aliphatic heterocycles. The average molecular weight is 212 g/mol. The fraction of sp³-hybridized carbons (Fsp3) is 0.333. The third-order valence-electron chi connectivity index (χ3n) is 1.53. The number of aromatic nitrogens is 1. The van der Waals surface area contributed by atoms with Crippen LogP contribution in [-0.4, -0.2) is 21.3 Å². The molecule has 0 amide bonds. The molecule has 0 saturated heterocycles. The van der Waals surface area contributed by atoms with Crippen molar-refractivity contribution < 1.29 is 9.90 Å². The number of thioether (sulfide) groups is 1. The summed E-state index contributed by atoms with van der Waals surface area (Å²) in [5.41, 5.74) is 6.03. The van der Waals surface area contributed by atoms with Crippen LogP contribution in [0, 0.1) is 0 Å². The average Bonchev–Trinajstić information content (AvgIpc) is 2.07. The van der Waals surface area contributed by atoms with Crippen LogP contribution in [-0.2, 0) is 0 Å². The maximum absolute atomic E-state index is 10.7. The Kier molecular flexibility index (Phi) is 3.35. The van der Waals surface area contributed by atoms with Crippen molar-refractivity contribution in [1.82, 2.24) is 4.98 Å². The van der Waals surface area contributed by atoms with E-state index in [0.717, 1.165) is 0 Å². The lowest BCUT2D eigenvalue weighted by Gasteiger charge is -2.08. The van der Waals surface area contributed by atoms with Crippen molar-refractivity contribution in [1.29, 1.82) is 0 Å². The highest BCUT2D eigenvalue weighted by Crippen LogP contribution is 2.28. The van der Waals surface area contributed by atoms with E-state index in [-0.39, 0.29) is 11.3 Å². The molecule has 0 unspecified atom stereocenters. The highest BCUT2D eigenvalue weighted by molar-refractivity contribution is 7.99. The summed E-state index contributed by atoms with van der Waals surface area (Å²) in [4.78, 5) is 14.8. The summed E-state index contributed by atoms with van der Waals surface area (Å²) in [7, 11) is 0. The second kappa shape index (κ2) is 4.32. The number of carboxylic acid groups (broad SMARTS) is 1. The number of nitrogens with two attached hydrogens (primary N) is 1. The molecule has 0 aromatic carbocycles. The van der Waals surface area contributed by atoms with Gasteiger partial charge in [0.2, 0.25) is 0 Å². The van der Waals surface area contributed by atoms with Crippen molar-refractivity contribution in [3.05, 3.63) is 17.8 Å². The number of anilines is 1. The Labute approximate surface area is 86.5 Å². The topological polar surface area (TPSA) is 76.2 Å². The van der Waals surface area contributed by atoms with Crippen LogP contribution in [0.2, 0.25) is 0 Å². The van der Waals surface area contributed by atoms with Crippen molar-refractivity contribution >= 4 is 23.4 Å². The van der Waals surface area contributed by atoms with Crippen LogP contribution >= 0.6 is 11.8 Å². The molecule has 0 atom stereocenters. The van der Waals surface area contributed by atoms with Gasteiger partial charge in [-0.25, -0.2) is 9.78 Å². The highest BCUT2D eigenvalue weighted by Gasteiger charge is 2.13. The number of hydrogen-bond donors (Lipinski definition) is 2. The highest BCUT2D eigenvalue weighted by atomic mass is 32.2. The number of rotatable bonds is 3. The van der Waals surface area contributed by atoms with E-state index in [4.69, 9.17) is 10.8 Å². The molecule has 0 radical (unpaired) electrons. The van der Waals surface area contributed by atoms with E-state index in [9.17, 15) is 4.79 Å². The van der Waals surface area contributed by atoms with Gasteiger partial charge in [-0.1, -0.05) is 13.8 Å². The molecular weight excluding hydrogens is 200 g/mol. The van der Waals surface area contributed by atoms with E-state index in [1.807, 2.05) is 13.8 Å². The smallest absolute Gasteiger partial charge is 0.337 e. The molecule has 76 valence electrons. The third kappa shape index (κ3) is 2.38. The lowest BCUT2D eigenvalue weighted by atomic mass is 10.2. The zero-order chi connectivity index (χ0) is 10.7. The third-order valence-corrected chi connectivity index (χ3v) is 2.55. The van der Waals surface area contributed by atoms with E-state index in [1.165, 1.54) is 24.0 Å². The normalized spacial score (nSPS) is 10.5. The van der Waals surface area contributed by atoms with Gasteiger partial charge in [0.05, 0.1) is 11.3 Å². The van der Waals surface area contributed by atoms with Gasteiger partial charge in [0, 0.05) is 11.4 Å². The van der Waals surface area contributed by atoms with E-state index in [0.29, 0.717) is 10.3 Å². The zero-order valence-corrected chi connectivity index (χ0v) is 8.84. The molecule has 0 aliphatic carbocycles. The van der Waals surface area contributed by atoms with Gasteiger partial charge in [0.1, 0.15) is 5.03 Å². The molecule has 4 nitrogen and oxygen atoms in total. The summed E-state index contributed by atoms with van der Waals surface area (Å²) in [6, 6.07) is 1.40. The molecule has 0 fully saturated rings. The number of pyridine rings is 1. The molecule has 0 aliphatic rings. The molecule has 5 heteroatoms. The van der Waals surface area contributed by atoms with Crippen LogP contribution in [0.3, 0.4) is 0 Å². The monoisotopic (exact) mass is 212 g/mol. The Morgan fingerprint density at radius 2 is 2.29 bits per heavy atom. The van der Waals surface area contributed by atoms with Crippen LogP contribution < -0.4 is 5.73 Å². The minimum Gasteiger partial charge on any atom is -0.478 e. The fourth-order valence-corrected chi connectivity index (χ4v) is 1.76. The Hall–Kier alpha value is -1.23. The van der Waals surface area contributed by atoms with Crippen molar-refractivity contribution in [2.24, 2.45) is 0 Å². The molecule has 0 spiro atoms. The first-order valence-electron chi connectivity index (χ1n) is 4.16. The molecule has 1 heterocycles. The number of nitrogens with zero attached hydrogens (tertiary/aromatic N) is 1. The zero-order valence-electron chi connectivity index (χ0n) is 8.02. The van der Waals surface area contributed by atoms with Gasteiger partial charge in [0.25, 0.3) is 0 Å². The fourth-order valence-electron chi connectivity index (χ4n) is 0.958. The summed E-state index contributed by atoms with van der Waals surface area (Å²) in [5, 5.41) is 9.72. The van der Waals surface area contributed by atoms with Crippen molar-refractivity contribution in [3.63, 3.8) is 0 Å². The van der Waals surface area contributed by atoms with Gasteiger partial charge in [-0.15, -0.1) is 11.8 Å². The van der Waals surface area contributed by atoms with Crippen LogP contribution in [0.1, 0.15) is 24.2 Å². The van der Waals surface area contributed by atoms with Gasteiger partial charge in [0.15, 0.2) is 0 Å². The molecule has 14 heavy (non-hydrogen) atoms. The number of carboxylic acids is 1. The second-order valence-electron chi connectivity index (χ2n) is 3.05. The molecule has 3 N–H and O–H groups in total.